The Labute approximate surface area is 111 Å². The standard InChI is InChI=1S/C11H18N4O2S/c1-3-5-13-8-7-9(15-11(12)14-8)18-6-4-10(16)17-2/h7H,3-6H2,1-2H3,(H3,12,13,14,15). The molecule has 1 aromatic rings. The lowest BCUT2D eigenvalue weighted by Crippen LogP contribution is -2.06. The molecular formula is C11H18N4O2S. The molecule has 6 nitrogen and oxygen atoms in total. The van der Waals surface area contributed by atoms with Crippen LogP contribution < -0.4 is 11.1 Å². The van der Waals surface area contributed by atoms with Gasteiger partial charge in [0.1, 0.15) is 10.8 Å². The SMILES string of the molecule is CCCNc1cc(SCCC(=O)OC)nc(N)n1. The van der Waals surface area contributed by atoms with Crippen LogP contribution in [0.4, 0.5) is 11.8 Å². The van der Waals surface area contributed by atoms with Gasteiger partial charge < -0.3 is 15.8 Å². The minimum absolute atomic E-state index is 0.228. The third-order valence-electron chi connectivity index (χ3n) is 2.06. The zero-order valence-corrected chi connectivity index (χ0v) is 11.4. The van der Waals surface area contributed by atoms with Gasteiger partial charge in [0.25, 0.3) is 0 Å². The van der Waals surface area contributed by atoms with Crippen molar-refractivity contribution in [2.45, 2.75) is 24.8 Å². The molecule has 3 N–H and O–H groups in total. The molecule has 0 spiro atoms. The summed E-state index contributed by atoms with van der Waals surface area (Å²) in [6.45, 7) is 2.91. The molecule has 1 rings (SSSR count). The number of carbonyl (C=O) groups excluding carboxylic acids is 1. The van der Waals surface area contributed by atoms with Crippen molar-refractivity contribution in [3.8, 4) is 0 Å². The number of rotatable bonds is 7. The molecule has 1 aromatic heterocycles. The van der Waals surface area contributed by atoms with Crippen LogP contribution in [0.3, 0.4) is 0 Å². The maximum absolute atomic E-state index is 11.0. The Kier molecular flexibility index (Phi) is 6.27. The molecule has 0 unspecified atom stereocenters. The number of methoxy groups -OCH3 is 1. The fourth-order valence-corrected chi connectivity index (χ4v) is 2.03. The number of nitrogens with one attached hydrogen (secondary N) is 1. The number of nitrogens with zero attached hydrogens (tertiary/aromatic N) is 2. The number of nitrogen functional groups attached to an aromatic ring is 1. The van der Waals surface area contributed by atoms with Gasteiger partial charge >= 0.3 is 5.97 Å². The summed E-state index contributed by atoms with van der Waals surface area (Å²) in [6.07, 6.45) is 1.36. The Morgan fingerprint density at radius 2 is 2.33 bits per heavy atom. The molecule has 18 heavy (non-hydrogen) atoms. The number of ether oxygens (including phenoxy) is 1. The van der Waals surface area contributed by atoms with Crippen LogP contribution in [0, 0.1) is 0 Å². The van der Waals surface area contributed by atoms with Crippen LogP contribution in [0.5, 0.6) is 0 Å². The quantitative estimate of drug-likeness (QED) is 0.441. The number of esters is 1. The van der Waals surface area contributed by atoms with Crippen molar-refractivity contribution < 1.29 is 9.53 Å². The minimum atomic E-state index is -0.228. The summed E-state index contributed by atoms with van der Waals surface area (Å²) in [7, 11) is 1.38. The molecule has 1 heterocycles. The number of aromatic nitrogens is 2. The summed E-state index contributed by atoms with van der Waals surface area (Å²) in [5.74, 6) is 1.33. The molecule has 0 atom stereocenters. The Bertz CT molecular complexity index is 401. The van der Waals surface area contributed by atoms with E-state index in [2.05, 4.69) is 26.9 Å². The van der Waals surface area contributed by atoms with Gasteiger partial charge in [-0.3, -0.25) is 4.79 Å². The number of thioether (sulfide) groups is 1. The molecular weight excluding hydrogens is 252 g/mol. The molecule has 0 aliphatic carbocycles. The van der Waals surface area contributed by atoms with Crippen LogP contribution in [0.15, 0.2) is 11.1 Å². The van der Waals surface area contributed by atoms with E-state index in [4.69, 9.17) is 5.73 Å². The first-order valence-electron chi connectivity index (χ1n) is 5.73. The van der Waals surface area contributed by atoms with Gasteiger partial charge in [0.05, 0.1) is 13.5 Å². The number of anilines is 2. The summed E-state index contributed by atoms with van der Waals surface area (Å²) in [5.41, 5.74) is 5.62. The molecule has 0 saturated heterocycles. The molecule has 0 amide bonds. The van der Waals surface area contributed by atoms with Crippen molar-refractivity contribution in [1.82, 2.24) is 9.97 Å². The fourth-order valence-electron chi connectivity index (χ4n) is 1.20. The lowest BCUT2D eigenvalue weighted by molar-refractivity contribution is -0.140. The summed E-state index contributed by atoms with van der Waals surface area (Å²) < 4.78 is 4.57. The van der Waals surface area contributed by atoms with Crippen LogP contribution in [0.2, 0.25) is 0 Å². The number of hydrogen-bond acceptors (Lipinski definition) is 7. The molecule has 0 radical (unpaired) electrons. The van der Waals surface area contributed by atoms with Crippen molar-refractivity contribution in [2.24, 2.45) is 0 Å². The smallest absolute Gasteiger partial charge is 0.306 e. The molecule has 100 valence electrons. The average Bonchev–Trinajstić information content (AvgIpc) is 2.35. The number of nitrogens with two attached hydrogens (primary N) is 1. The highest BCUT2D eigenvalue weighted by atomic mass is 32.2. The monoisotopic (exact) mass is 270 g/mol. The van der Waals surface area contributed by atoms with Crippen molar-refractivity contribution in [3.63, 3.8) is 0 Å². The minimum Gasteiger partial charge on any atom is -0.469 e. The largest absolute Gasteiger partial charge is 0.469 e. The second kappa shape index (κ2) is 7.75. The van der Waals surface area contributed by atoms with E-state index in [-0.39, 0.29) is 11.9 Å². The molecule has 0 aromatic carbocycles. The summed E-state index contributed by atoms with van der Waals surface area (Å²) in [4.78, 5) is 19.2. The van der Waals surface area contributed by atoms with E-state index in [1.54, 1.807) is 0 Å². The topological polar surface area (TPSA) is 90.1 Å². The van der Waals surface area contributed by atoms with E-state index >= 15 is 0 Å². The Morgan fingerprint density at radius 3 is 3.00 bits per heavy atom. The lowest BCUT2D eigenvalue weighted by Gasteiger charge is -2.06. The third kappa shape index (κ3) is 5.22. The Morgan fingerprint density at radius 1 is 1.56 bits per heavy atom. The van der Waals surface area contributed by atoms with Crippen molar-refractivity contribution in [3.05, 3.63) is 6.07 Å². The van der Waals surface area contributed by atoms with Crippen molar-refractivity contribution in [2.75, 3.05) is 30.5 Å². The van der Waals surface area contributed by atoms with E-state index in [1.165, 1.54) is 18.9 Å². The highest BCUT2D eigenvalue weighted by Gasteiger charge is 2.05. The highest BCUT2D eigenvalue weighted by molar-refractivity contribution is 7.99. The molecule has 0 saturated carbocycles. The maximum atomic E-state index is 11.0. The van der Waals surface area contributed by atoms with Crippen LogP contribution >= 0.6 is 11.8 Å². The van der Waals surface area contributed by atoms with Gasteiger partial charge in [0.2, 0.25) is 5.95 Å². The molecule has 0 aliphatic rings. The van der Waals surface area contributed by atoms with Crippen LogP contribution in [0.1, 0.15) is 19.8 Å². The van der Waals surface area contributed by atoms with E-state index in [0.29, 0.717) is 18.0 Å². The molecule has 0 aliphatic heterocycles. The van der Waals surface area contributed by atoms with Gasteiger partial charge in [-0.15, -0.1) is 11.8 Å². The first-order valence-corrected chi connectivity index (χ1v) is 6.72. The van der Waals surface area contributed by atoms with Gasteiger partial charge in [0.15, 0.2) is 0 Å². The highest BCUT2D eigenvalue weighted by Crippen LogP contribution is 2.20. The molecule has 7 heteroatoms. The predicted molar refractivity (Wildman–Crippen MR) is 72.6 cm³/mol. The molecule has 0 fully saturated rings. The Balaban J connectivity index is 2.54. The Hall–Kier alpha value is -1.50. The first-order chi connectivity index (χ1) is 8.65. The predicted octanol–water partition coefficient (Wildman–Crippen LogP) is 1.54. The van der Waals surface area contributed by atoms with Crippen molar-refractivity contribution >= 4 is 29.5 Å². The van der Waals surface area contributed by atoms with Gasteiger partial charge in [0, 0.05) is 18.4 Å². The van der Waals surface area contributed by atoms with Crippen LogP contribution in [-0.4, -0.2) is 35.3 Å². The van der Waals surface area contributed by atoms with Gasteiger partial charge in [-0.25, -0.2) is 4.98 Å². The van der Waals surface area contributed by atoms with E-state index in [0.717, 1.165) is 18.0 Å². The van der Waals surface area contributed by atoms with Crippen molar-refractivity contribution in [1.29, 1.82) is 0 Å². The summed E-state index contributed by atoms with van der Waals surface area (Å²) >= 11 is 1.45. The first kappa shape index (κ1) is 14.6. The van der Waals surface area contributed by atoms with E-state index < -0.39 is 0 Å². The van der Waals surface area contributed by atoms with E-state index in [9.17, 15) is 4.79 Å². The second-order valence-electron chi connectivity index (χ2n) is 3.55. The number of carbonyl (C=O) groups is 1. The zero-order chi connectivity index (χ0) is 13.4. The summed E-state index contributed by atoms with van der Waals surface area (Å²) in [6, 6.07) is 1.83. The average molecular weight is 270 g/mol. The van der Waals surface area contributed by atoms with Crippen LogP contribution in [0.25, 0.3) is 0 Å². The third-order valence-corrected chi connectivity index (χ3v) is 2.97. The zero-order valence-electron chi connectivity index (χ0n) is 10.6. The van der Waals surface area contributed by atoms with Gasteiger partial charge in [-0.2, -0.15) is 4.98 Å². The number of hydrogen-bond donors (Lipinski definition) is 2. The van der Waals surface area contributed by atoms with Gasteiger partial charge in [-0.1, -0.05) is 6.92 Å². The normalized spacial score (nSPS) is 10.1. The fraction of sp³-hybridized carbons (Fsp3) is 0.545. The second-order valence-corrected chi connectivity index (χ2v) is 4.67. The van der Waals surface area contributed by atoms with Gasteiger partial charge in [-0.05, 0) is 6.42 Å². The summed E-state index contributed by atoms with van der Waals surface area (Å²) in [5, 5.41) is 3.90. The molecule has 0 bridgehead atoms. The van der Waals surface area contributed by atoms with E-state index in [1.807, 2.05) is 6.07 Å². The van der Waals surface area contributed by atoms with Crippen LogP contribution in [-0.2, 0) is 9.53 Å². The lowest BCUT2D eigenvalue weighted by atomic mass is 10.4. The maximum Gasteiger partial charge on any atom is 0.306 e.